The van der Waals surface area contributed by atoms with E-state index in [1.54, 1.807) is 11.8 Å². The average Bonchev–Trinajstić information content (AvgIpc) is 2.33. The minimum absolute atomic E-state index is 0.579. The molecule has 1 aromatic heterocycles. The highest BCUT2D eigenvalue weighted by Gasteiger charge is 2.08. The Hall–Kier alpha value is -1.55. The van der Waals surface area contributed by atoms with Crippen LogP contribution in [0.2, 0.25) is 0 Å². The van der Waals surface area contributed by atoms with E-state index in [2.05, 4.69) is 41.2 Å². The number of nitrogens with two attached hydrogens (primary N) is 1. The van der Waals surface area contributed by atoms with Crippen molar-refractivity contribution in [2.75, 3.05) is 5.73 Å². The van der Waals surface area contributed by atoms with Gasteiger partial charge in [-0.15, -0.1) is 11.8 Å². The van der Waals surface area contributed by atoms with Gasteiger partial charge in [0.1, 0.15) is 16.7 Å². The van der Waals surface area contributed by atoms with Gasteiger partial charge in [0.25, 0.3) is 0 Å². The van der Waals surface area contributed by atoms with E-state index in [1.165, 1.54) is 11.1 Å². The summed E-state index contributed by atoms with van der Waals surface area (Å²) in [6.45, 7) is 5.96. The van der Waals surface area contributed by atoms with Gasteiger partial charge in [0.15, 0.2) is 0 Å². The van der Waals surface area contributed by atoms with Crippen molar-refractivity contribution in [3.8, 4) is 0 Å². The maximum Gasteiger partial charge on any atom is 0.131 e. The Balaban J connectivity index is 2.18. The fourth-order valence-corrected chi connectivity index (χ4v) is 2.82. The van der Waals surface area contributed by atoms with Gasteiger partial charge >= 0.3 is 0 Å². The first-order valence-corrected chi connectivity index (χ1v) is 6.84. The van der Waals surface area contributed by atoms with Crippen LogP contribution in [0.1, 0.15) is 22.5 Å². The van der Waals surface area contributed by atoms with Gasteiger partial charge in [0.05, 0.1) is 0 Å². The largest absolute Gasteiger partial charge is 0.383 e. The molecule has 0 atom stereocenters. The molecule has 0 aliphatic carbocycles. The molecule has 0 radical (unpaired) electrons. The Bertz CT molecular complexity index is 567. The summed E-state index contributed by atoms with van der Waals surface area (Å²) in [7, 11) is 0. The fourth-order valence-electron chi connectivity index (χ4n) is 1.68. The summed E-state index contributed by atoms with van der Waals surface area (Å²) in [6.07, 6.45) is 0. The predicted molar refractivity (Wildman–Crippen MR) is 76.7 cm³/mol. The van der Waals surface area contributed by atoms with Crippen molar-refractivity contribution in [1.29, 1.82) is 0 Å². The molecular weight excluding hydrogens is 242 g/mol. The molecule has 2 N–H and O–H groups in total. The molecular formula is C14H17N3S. The van der Waals surface area contributed by atoms with Crippen LogP contribution in [0.15, 0.2) is 29.3 Å². The van der Waals surface area contributed by atoms with Crippen molar-refractivity contribution in [2.24, 2.45) is 0 Å². The van der Waals surface area contributed by atoms with Crippen LogP contribution < -0.4 is 5.73 Å². The number of rotatable bonds is 3. The van der Waals surface area contributed by atoms with Crippen molar-refractivity contribution in [3.63, 3.8) is 0 Å². The van der Waals surface area contributed by atoms with Crippen LogP contribution in [0.4, 0.5) is 5.82 Å². The number of anilines is 1. The molecule has 0 saturated carbocycles. The van der Waals surface area contributed by atoms with E-state index in [9.17, 15) is 0 Å². The zero-order chi connectivity index (χ0) is 13.1. The molecule has 0 saturated heterocycles. The highest BCUT2D eigenvalue weighted by molar-refractivity contribution is 7.98. The topological polar surface area (TPSA) is 51.8 Å². The van der Waals surface area contributed by atoms with Crippen LogP contribution >= 0.6 is 11.8 Å². The van der Waals surface area contributed by atoms with Crippen LogP contribution in [-0.4, -0.2) is 9.97 Å². The molecule has 3 nitrogen and oxygen atoms in total. The molecule has 1 aromatic carbocycles. The number of aromatic nitrogens is 2. The lowest BCUT2D eigenvalue weighted by molar-refractivity contribution is 0.946. The third kappa shape index (κ3) is 2.82. The van der Waals surface area contributed by atoms with Crippen molar-refractivity contribution in [3.05, 3.63) is 46.8 Å². The van der Waals surface area contributed by atoms with E-state index in [-0.39, 0.29) is 0 Å². The van der Waals surface area contributed by atoms with Gasteiger partial charge in [-0.05, 0) is 31.9 Å². The van der Waals surface area contributed by atoms with Crippen molar-refractivity contribution < 1.29 is 0 Å². The van der Waals surface area contributed by atoms with E-state index in [0.717, 1.165) is 22.2 Å². The normalized spacial score (nSPS) is 10.6. The van der Waals surface area contributed by atoms with Crippen LogP contribution in [0.25, 0.3) is 0 Å². The summed E-state index contributed by atoms with van der Waals surface area (Å²) in [4.78, 5) is 8.61. The third-order valence-corrected chi connectivity index (χ3v) is 4.00. The van der Waals surface area contributed by atoms with E-state index >= 15 is 0 Å². The Morgan fingerprint density at radius 2 is 1.83 bits per heavy atom. The molecule has 18 heavy (non-hydrogen) atoms. The van der Waals surface area contributed by atoms with Gasteiger partial charge < -0.3 is 5.73 Å². The molecule has 0 spiro atoms. The lowest BCUT2D eigenvalue weighted by atomic mass is 10.1. The van der Waals surface area contributed by atoms with E-state index < -0.39 is 0 Å². The zero-order valence-electron chi connectivity index (χ0n) is 10.9. The van der Waals surface area contributed by atoms with E-state index in [1.807, 2.05) is 13.8 Å². The second kappa shape index (κ2) is 5.40. The van der Waals surface area contributed by atoms with Gasteiger partial charge in [0.2, 0.25) is 0 Å². The fraction of sp³-hybridized carbons (Fsp3) is 0.286. The molecule has 1 heterocycles. The summed E-state index contributed by atoms with van der Waals surface area (Å²) in [5.74, 6) is 2.21. The predicted octanol–water partition coefficient (Wildman–Crippen LogP) is 3.28. The molecule has 0 bridgehead atoms. The number of aryl methyl sites for hydroxylation is 2. The smallest absolute Gasteiger partial charge is 0.131 e. The van der Waals surface area contributed by atoms with Crippen LogP contribution in [0.3, 0.4) is 0 Å². The molecule has 0 fully saturated rings. The van der Waals surface area contributed by atoms with Gasteiger partial charge in [-0.25, -0.2) is 9.97 Å². The maximum atomic E-state index is 5.86. The average molecular weight is 259 g/mol. The van der Waals surface area contributed by atoms with Crippen LogP contribution in [0, 0.1) is 20.8 Å². The van der Waals surface area contributed by atoms with Crippen LogP contribution in [0.5, 0.6) is 0 Å². The zero-order valence-corrected chi connectivity index (χ0v) is 11.7. The van der Waals surface area contributed by atoms with Crippen molar-refractivity contribution in [2.45, 2.75) is 31.6 Å². The Kier molecular flexibility index (Phi) is 3.87. The SMILES string of the molecule is Cc1nc(N)c(C)c(SCc2ccccc2C)n1. The van der Waals surface area contributed by atoms with Crippen molar-refractivity contribution >= 4 is 17.6 Å². The lowest BCUT2D eigenvalue weighted by Crippen LogP contribution is -2.01. The summed E-state index contributed by atoms with van der Waals surface area (Å²) < 4.78 is 0. The number of hydrogen-bond donors (Lipinski definition) is 1. The first kappa shape index (κ1) is 12.9. The quantitative estimate of drug-likeness (QED) is 0.679. The molecule has 0 unspecified atom stereocenters. The number of benzene rings is 1. The Morgan fingerprint density at radius 1 is 1.11 bits per heavy atom. The molecule has 0 aliphatic heterocycles. The van der Waals surface area contributed by atoms with E-state index in [4.69, 9.17) is 5.73 Å². The van der Waals surface area contributed by atoms with Gasteiger partial charge in [-0.3, -0.25) is 0 Å². The summed E-state index contributed by atoms with van der Waals surface area (Å²) in [5.41, 5.74) is 9.46. The minimum Gasteiger partial charge on any atom is -0.383 e. The Labute approximate surface area is 112 Å². The first-order valence-electron chi connectivity index (χ1n) is 5.86. The second-order valence-corrected chi connectivity index (χ2v) is 5.27. The molecule has 0 aliphatic rings. The van der Waals surface area contributed by atoms with Gasteiger partial charge in [-0.1, -0.05) is 24.3 Å². The number of thioether (sulfide) groups is 1. The van der Waals surface area contributed by atoms with Crippen LogP contribution in [-0.2, 0) is 5.75 Å². The maximum absolute atomic E-state index is 5.86. The van der Waals surface area contributed by atoms with Gasteiger partial charge in [-0.2, -0.15) is 0 Å². The highest BCUT2D eigenvalue weighted by atomic mass is 32.2. The minimum atomic E-state index is 0.579. The second-order valence-electron chi connectivity index (χ2n) is 4.30. The first-order chi connectivity index (χ1) is 8.58. The summed E-state index contributed by atoms with van der Waals surface area (Å²) >= 11 is 1.71. The van der Waals surface area contributed by atoms with Crippen molar-refractivity contribution in [1.82, 2.24) is 9.97 Å². The number of hydrogen-bond acceptors (Lipinski definition) is 4. The highest BCUT2D eigenvalue weighted by Crippen LogP contribution is 2.27. The number of nitrogen functional groups attached to an aromatic ring is 1. The molecule has 94 valence electrons. The molecule has 0 amide bonds. The summed E-state index contributed by atoms with van der Waals surface area (Å²) in [6, 6.07) is 8.40. The molecule has 2 aromatic rings. The monoisotopic (exact) mass is 259 g/mol. The molecule has 2 rings (SSSR count). The Morgan fingerprint density at radius 3 is 2.56 bits per heavy atom. The standard InChI is InChI=1S/C14H17N3S/c1-9-6-4-5-7-12(9)8-18-14-10(2)13(15)16-11(3)17-14/h4-7H,8H2,1-3H3,(H2,15,16,17). The number of nitrogens with zero attached hydrogens (tertiary/aromatic N) is 2. The van der Waals surface area contributed by atoms with Gasteiger partial charge in [0, 0.05) is 11.3 Å². The molecule has 4 heteroatoms. The van der Waals surface area contributed by atoms with E-state index in [0.29, 0.717) is 5.82 Å². The third-order valence-electron chi connectivity index (χ3n) is 2.88. The summed E-state index contributed by atoms with van der Waals surface area (Å²) in [5, 5.41) is 0.975. The lowest BCUT2D eigenvalue weighted by Gasteiger charge is -2.09.